The predicted octanol–water partition coefficient (Wildman–Crippen LogP) is 3.69. The lowest BCUT2D eigenvalue weighted by atomic mass is 10.1. The molecule has 1 saturated carbocycles. The van der Waals surface area contributed by atoms with E-state index in [-0.39, 0.29) is 41.8 Å². The van der Waals surface area contributed by atoms with Gasteiger partial charge in [-0.15, -0.1) is 24.0 Å². The number of rotatable bonds is 12. The number of nitrogens with zero attached hydrogens (tertiary/aromatic N) is 1. The Morgan fingerprint density at radius 3 is 2.59 bits per heavy atom. The van der Waals surface area contributed by atoms with Crippen LogP contribution < -0.4 is 10.6 Å². The summed E-state index contributed by atoms with van der Waals surface area (Å²) >= 11 is 0. The van der Waals surface area contributed by atoms with Gasteiger partial charge in [0.25, 0.3) is 0 Å². The average Bonchev–Trinajstić information content (AvgIpc) is 3.39. The van der Waals surface area contributed by atoms with Crippen molar-refractivity contribution in [3.63, 3.8) is 0 Å². The van der Waals surface area contributed by atoms with Gasteiger partial charge in [-0.2, -0.15) is 0 Å². The average molecular weight is 493 g/mol. The van der Waals surface area contributed by atoms with Crippen LogP contribution in [0.1, 0.15) is 44.6 Å². The summed E-state index contributed by atoms with van der Waals surface area (Å²) in [5.74, 6) is 0.856. The second-order valence-electron chi connectivity index (χ2n) is 6.45. The first kappa shape index (κ1) is 24.1. The lowest BCUT2D eigenvalue weighted by Gasteiger charge is -2.11. The Morgan fingerprint density at radius 2 is 1.89 bits per heavy atom. The molecular formula is C20H33FIN3O2. The van der Waals surface area contributed by atoms with Gasteiger partial charge in [0.2, 0.25) is 0 Å². The lowest BCUT2D eigenvalue weighted by Crippen LogP contribution is -2.39. The van der Waals surface area contributed by atoms with Crippen molar-refractivity contribution >= 4 is 29.9 Å². The molecule has 27 heavy (non-hydrogen) atoms. The van der Waals surface area contributed by atoms with E-state index >= 15 is 0 Å². The van der Waals surface area contributed by atoms with E-state index in [4.69, 9.17) is 9.47 Å². The van der Waals surface area contributed by atoms with Crippen molar-refractivity contribution in [2.75, 3.05) is 39.5 Å². The zero-order valence-corrected chi connectivity index (χ0v) is 18.7. The molecular weight excluding hydrogens is 460 g/mol. The summed E-state index contributed by atoms with van der Waals surface area (Å²) in [7, 11) is 0. The molecule has 0 aromatic heterocycles. The molecule has 0 bridgehead atoms. The summed E-state index contributed by atoms with van der Waals surface area (Å²) in [5.41, 5.74) is 0.784. The highest BCUT2D eigenvalue weighted by molar-refractivity contribution is 14.0. The zero-order valence-electron chi connectivity index (χ0n) is 16.4. The van der Waals surface area contributed by atoms with Gasteiger partial charge in [0.1, 0.15) is 5.82 Å². The number of aliphatic imine (C=N–C) groups is 1. The summed E-state index contributed by atoms with van der Waals surface area (Å²) in [6.07, 6.45) is 3.17. The van der Waals surface area contributed by atoms with Gasteiger partial charge in [-0.3, -0.25) is 4.99 Å². The molecule has 1 aromatic rings. The number of ether oxygens (including phenoxy) is 2. The molecule has 2 N–H and O–H groups in total. The monoisotopic (exact) mass is 493 g/mol. The van der Waals surface area contributed by atoms with E-state index in [2.05, 4.69) is 22.5 Å². The van der Waals surface area contributed by atoms with Gasteiger partial charge in [-0.25, -0.2) is 4.39 Å². The van der Waals surface area contributed by atoms with Crippen molar-refractivity contribution in [3.8, 4) is 0 Å². The first-order valence-corrected chi connectivity index (χ1v) is 9.71. The molecule has 0 heterocycles. The SMILES string of the molecule is CCCCOCCOCCN=C(NCC)NC1CC1c1ccccc1F.I. The third kappa shape index (κ3) is 9.21. The van der Waals surface area contributed by atoms with E-state index in [0.717, 1.165) is 43.9 Å². The Morgan fingerprint density at radius 1 is 1.15 bits per heavy atom. The third-order valence-corrected chi connectivity index (χ3v) is 4.28. The molecule has 1 fully saturated rings. The topological polar surface area (TPSA) is 54.9 Å². The number of halogens is 2. The quantitative estimate of drug-likeness (QED) is 0.202. The largest absolute Gasteiger partial charge is 0.379 e. The Hall–Kier alpha value is -0.930. The summed E-state index contributed by atoms with van der Waals surface area (Å²) in [5, 5.41) is 6.62. The van der Waals surface area contributed by atoms with Crippen LogP contribution in [0.3, 0.4) is 0 Å². The van der Waals surface area contributed by atoms with Crippen LogP contribution in [0.2, 0.25) is 0 Å². The van der Waals surface area contributed by atoms with Crippen LogP contribution in [-0.4, -0.2) is 51.5 Å². The fraction of sp³-hybridized carbons (Fsp3) is 0.650. The number of unbranched alkanes of at least 4 members (excludes halogenated alkanes) is 1. The highest BCUT2D eigenvalue weighted by Gasteiger charge is 2.40. The summed E-state index contributed by atoms with van der Waals surface area (Å²) in [6.45, 7) is 8.15. The van der Waals surface area contributed by atoms with Crippen LogP contribution in [-0.2, 0) is 9.47 Å². The Kier molecular flexibility index (Phi) is 12.6. The van der Waals surface area contributed by atoms with Crippen molar-refractivity contribution in [2.45, 2.75) is 45.1 Å². The summed E-state index contributed by atoms with van der Waals surface area (Å²) in [4.78, 5) is 4.53. The molecule has 1 aliphatic carbocycles. The molecule has 0 saturated heterocycles. The minimum atomic E-state index is -0.127. The molecule has 1 aliphatic rings. The van der Waals surface area contributed by atoms with Crippen LogP contribution >= 0.6 is 24.0 Å². The van der Waals surface area contributed by atoms with Crippen molar-refractivity contribution in [1.29, 1.82) is 0 Å². The molecule has 0 aliphatic heterocycles. The van der Waals surface area contributed by atoms with Crippen molar-refractivity contribution in [1.82, 2.24) is 10.6 Å². The molecule has 0 amide bonds. The Balaban J connectivity index is 0.00000364. The highest BCUT2D eigenvalue weighted by atomic mass is 127. The number of nitrogens with one attached hydrogen (secondary N) is 2. The fourth-order valence-electron chi connectivity index (χ4n) is 2.76. The second kappa shape index (κ2) is 14.1. The molecule has 5 nitrogen and oxygen atoms in total. The van der Waals surface area contributed by atoms with Crippen LogP contribution in [0.25, 0.3) is 0 Å². The molecule has 0 spiro atoms. The van der Waals surface area contributed by atoms with Crippen molar-refractivity contribution in [2.24, 2.45) is 4.99 Å². The normalized spacial score (nSPS) is 18.7. The number of benzene rings is 1. The molecule has 2 unspecified atom stereocenters. The van der Waals surface area contributed by atoms with Gasteiger partial charge in [-0.05, 0) is 31.4 Å². The highest BCUT2D eigenvalue weighted by Crippen LogP contribution is 2.41. The summed E-state index contributed by atoms with van der Waals surface area (Å²) in [6, 6.07) is 7.23. The number of hydrogen-bond acceptors (Lipinski definition) is 3. The van der Waals surface area contributed by atoms with E-state index in [9.17, 15) is 4.39 Å². The maximum Gasteiger partial charge on any atom is 0.191 e. The Labute approximate surface area is 179 Å². The predicted molar refractivity (Wildman–Crippen MR) is 119 cm³/mol. The van der Waals surface area contributed by atoms with Crippen LogP contribution in [0.5, 0.6) is 0 Å². The molecule has 7 heteroatoms. The van der Waals surface area contributed by atoms with E-state index in [0.29, 0.717) is 26.4 Å². The van der Waals surface area contributed by atoms with Gasteiger partial charge in [-0.1, -0.05) is 31.5 Å². The van der Waals surface area contributed by atoms with Crippen LogP contribution in [0, 0.1) is 5.82 Å². The minimum Gasteiger partial charge on any atom is -0.379 e. The molecule has 1 aromatic carbocycles. The van der Waals surface area contributed by atoms with E-state index in [1.54, 1.807) is 6.07 Å². The minimum absolute atomic E-state index is 0. The first-order valence-electron chi connectivity index (χ1n) is 9.71. The molecule has 2 atom stereocenters. The van der Waals surface area contributed by atoms with Crippen LogP contribution in [0.4, 0.5) is 4.39 Å². The smallest absolute Gasteiger partial charge is 0.191 e. The van der Waals surface area contributed by atoms with Crippen molar-refractivity contribution in [3.05, 3.63) is 35.6 Å². The lowest BCUT2D eigenvalue weighted by molar-refractivity contribution is 0.0497. The van der Waals surface area contributed by atoms with Gasteiger partial charge < -0.3 is 20.1 Å². The van der Waals surface area contributed by atoms with Crippen molar-refractivity contribution < 1.29 is 13.9 Å². The van der Waals surface area contributed by atoms with Gasteiger partial charge in [0, 0.05) is 25.1 Å². The maximum atomic E-state index is 13.9. The van der Waals surface area contributed by atoms with E-state index < -0.39 is 0 Å². The van der Waals surface area contributed by atoms with Gasteiger partial charge in [0.15, 0.2) is 5.96 Å². The number of hydrogen-bond donors (Lipinski definition) is 2. The van der Waals surface area contributed by atoms with Crippen LogP contribution in [0.15, 0.2) is 29.3 Å². The maximum absolute atomic E-state index is 13.9. The molecule has 154 valence electrons. The molecule has 0 radical (unpaired) electrons. The second-order valence-corrected chi connectivity index (χ2v) is 6.45. The number of guanidine groups is 1. The third-order valence-electron chi connectivity index (χ3n) is 4.28. The zero-order chi connectivity index (χ0) is 18.6. The van der Waals surface area contributed by atoms with E-state index in [1.807, 2.05) is 19.1 Å². The van der Waals surface area contributed by atoms with Gasteiger partial charge in [0.05, 0.1) is 26.4 Å². The Bertz CT molecular complexity index is 560. The standard InChI is InChI=1S/C20H32FN3O2.HI/c1-3-5-11-25-13-14-26-12-10-23-20(22-4-2)24-19-15-17(19)16-8-6-7-9-18(16)21;/h6-9,17,19H,3-5,10-15H2,1-2H3,(H2,22,23,24);1H. The fourth-order valence-corrected chi connectivity index (χ4v) is 2.76. The van der Waals surface area contributed by atoms with E-state index in [1.165, 1.54) is 6.07 Å². The molecule has 2 rings (SSSR count). The summed E-state index contributed by atoms with van der Waals surface area (Å²) < 4.78 is 24.8. The van der Waals surface area contributed by atoms with Gasteiger partial charge >= 0.3 is 0 Å². The first-order chi connectivity index (χ1) is 12.8.